The van der Waals surface area contributed by atoms with Crippen LogP contribution in [0.4, 0.5) is 4.79 Å². The molecule has 29 heavy (non-hydrogen) atoms. The van der Waals surface area contributed by atoms with Gasteiger partial charge in [0.25, 0.3) is 5.91 Å². The van der Waals surface area contributed by atoms with E-state index in [-0.39, 0.29) is 24.7 Å². The quantitative estimate of drug-likeness (QED) is 0.442. The van der Waals surface area contributed by atoms with Crippen LogP contribution in [0, 0.1) is 0 Å². The van der Waals surface area contributed by atoms with Gasteiger partial charge in [-0.1, -0.05) is 31.0 Å². The molecule has 1 saturated heterocycles. The van der Waals surface area contributed by atoms with E-state index in [1.807, 2.05) is 24.3 Å². The van der Waals surface area contributed by atoms with E-state index >= 15 is 0 Å². The van der Waals surface area contributed by atoms with Gasteiger partial charge in [0, 0.05) is 29.2 Å². The lowest BCUT2D eigenvalue weighted by Crippen LogP contribution is -2.44. The average Bonchev–Trinajstić information content (AvgIpc) is 3.39. The summed E-state index contributed by atoms with van der Waals surface area (Å²) in [4.78, 5) is 53.7. The second kappa shape index (κ2) is 7.35. The van der Waals surface area contributed by atoms with E-state index in [1.54, 1.807) is 6.20 Å². The Morgan fingerprint density at radius 1 is 1.21 bits per heavy atom. The molecule has 1 aliphatic heterocycles. The van der Waals surface area contributed by atoms with E-state index in [1.165, 1.54) is 6.92 Å². The van der Waals surface area contributed by atoms with Crippen LogP contribution in [0.1, 0.15) is 49.4 Å². The van der Waals surface area contributed by atoms with Crippen molar-refractivity contribution < 1.29 is 23.9 Å². The Bertz CT molecular complexity index is 989. The number of imide groups is 1. The van der Waals surface area contributed by atoms with Crippen molar-refractivity contribution in [2.24, 2.45) is 0 Å². The molecule has 3 amide bonds. The van der Waals surface area contributed by atoms with Crippen LogP contribution < -0.4 is 5.32 Å². The summed E-state index contributed by atoms with van der Waals surface area (Å²) in [7, 11) is 0. The van der Waals surface area contributed by atoms with Crippen LogP contribution in [-0.2, 0) is 14.3 Å². The second-order valence-corrected chi connectivity index (χ2v) is 7.67. The summed E-state index contributed by atoms with van der Waals surface area (Å²) in [5, 5.41) is 3.54. The van der Waals surface area contributed by atoms with Crippen LogP contribution >= 0.6 is 0 Å². The number of aromatic amines is 1. The number of fused-ring (bicyclic) bond motifs is 1. The van der Waals surface area contributed by atoms with Crippen LogP contribution in [0.5, 0.6) is 0 Å². The fourth-order valence-electron chi connectivity index (χ4n) is 4.20. The van der Waals surface area contributed by atoms with Crippen molar-refractivity contribution in [3.63, 3.8) is 0 Å². The van der Waals surface area contributed by atoms with Crippen molar-refractivity contribution in [1.82, 2.24) is 15.2 Å². The Hall–Kier alpha value is -3.16. The highest BCUT2D eigenvalue weighted by Gasteiger charge is 2.52. The molecular weight excluding hydrogens is 374 g/mol. The van der Waals surface area contributed by atoms with Gasteiger partial charge >= 0.3 is 12.0 Å². The molecule has 2 heterocycles. The average molecular weight is 397 g/mol. The first-order valence-corrected chi connectivity index (χ1v) is 9.85. The standard InChI is InChI=1S/C21H23N3O5/c1-13(18(26)15-12-22-16-7-3-2-6-14(15)16)29-17(25)8-11-24-19(27)21(23-20(24)28)9-4-5-10-21/h2-3,6-7,12-13,22H,4-5,8-11H2,1H3,(H,23,28)/t13-/m1/s1. The molecule has 8 heteroatoms. The molecule has 2 aliphatic rings. The zero-order valence-corrected chi connectivity index (χ0v) is 16.2. The van der Waals surface area contributed by atoms with Crippen LogP contribution in [0.15, 0.2) is 30.5 Å². The van der Waals surface area contributed by atoms with Gasteiger partial charge in [0.05, 0.1) is 6.42 Å². The lowest BCUT2D eigenvalue weighted by molar-refractivity contribution is -0.146. The van der Waals surface area contributed by atoms with Crippen LogP contribution in [0.25, 0.3) is 10.9 Å². The zero-order valence-electron chi connectivity index (χ0n) is 16.2. The van der Waals surface area contributed by atoms with E-state index in [2.05, 4.69) is 10.3 Å². The minimum absolute atomic E-state index is 0.0563. The number of esters is 1. The maximum absolute atomic E-state index is 12.7. The number of amides is 3. The van der Waals surface area contributed by atoms with Crippen LogP contribution in [0.2, 0.25) is 0 Å². The molecule has 1 atom stereocenters. The number of H-pyrrole nitrogens is 1. The Morgan fingerprint density at radius 3 is 2.69 bits per heavy atom. The first-order chi connectivity index (χ1) is 13.9. The summed E-state index contributed by atoms with van der Waals surface area (Å²) in [6.45, 7) is 1.46. The molecule has 4 rings (SSSR count). The number of nitrogens with zero attached hydrogens (tertiary/aromatic N) is 1. The summed E-state index contributed by atoms with van der Waals surface area (Å²) in [6.07, 6.45) is 3.55. The molecule has 1 aromatic heterocycles. The third-order valence-corrected chi connectivity index (χ3v) is 5.77. The monoisotopic (exact) mass is 397 g/mol. The predicted molar refractivity (Wildman–Crippen MR) is 104 cm³/mol. The fourth-order valence-corrected chi connectivity index (χ4v) is 4.20. The number of benzene rings is 1. The SMILES string of the molecule is C[C@@H](OC(=O)CCN1C(=O)NC2(CCCC2)C1=O)C(=O)c1c[nH]c2ccccc12. The number of urea groups is 1. The lowest BCUT2D eigenvalue weighted by atomic mass is 9.98. The summed E-state index contributed by atoms with van der Waals surface area (Å²) in [6, 6.07) is 6.91. The van der Waals surface area contributed by atoms with Crippen molar-refractivity contribution in [2.45, 2.75) is 50.7 Å². The van der Waals surface area contributed by atoms with Gasteiger partial charge in [0.1, 0.15) is 5.54 Å². The summed E-state index contributed by atoms with van der Waals surface area (Å²) < 4.78 is 5.26. The summed E-state index contributed by atoms with van der Waals surface area (Å²) >= 11 is 0. The van der Waals surface area contributed by atoms with Crippen molar-refractivity contribution in [2.75, 3.05) is 6.54 Å². The molecule has 0 bridgehead atoms. The Kier molecular flexibility index (Phi) is 4.86. The van der Waals surface area contributed by atoms with E-state index in [0.29, 0.717) is 18.4 Å². The molecule has 152 valence electrons. The van der Waals surface area contributed by atoms with E-state index in [4.69, 9.17) is 4.74 Å². The molecule has 1 aliphatic carbocycles. The molecule has 2 aromatic rings. The molecule has 1 aromatic carbocycles. The number of aromatic nitrogens is 1. The summed E-state index contributed by atoms with van der Waals surface area (Å²) in [5.74, 6) is -1.20. The lowest BCUT2D eigenvalue weighted by Gasteiger charge is -2.20. The van der Waals surface area contributed by atoms with E-state index in [0.717, 1.165) is 28.6 Å². The summed E-state index contributed by atoms with van der Waals surface area (Å²) in [5.41, 5.74) is 0.492. The molecule has 2 N–H and O–H groups in total. The van der Waals surface area contributed by atoms with Gasteiger partial charge in [-0.2, -0.15) is 0 Å². The number of hydrogen-bond donors (Lipinski definition) is 2. The first-order valence-electron chi connectivity index (χ1n) is 9.85. The maximum atomic E-state index is 12.7. The normalized spacial score (nSPS) is 19.0. The molecule has 0 unspecified atom stereocenters. The van der Waals surface area contributed by atoms with Gasteiger partial charge in [-0.3, -0.25) is 19.3 Å². The Morgan fingerprint density at radius 2 is 1.93 bits per heavy atom. The van der Waals surface area contributed by atoms with Gasteiger partial charge in [0.15, 0.2) is 6.10 Å². The molecular formula is C21H23N3O5. The van der Waals surface area contributed by atoms with Gasteiger partial charge in [-0.25, -0.2) is 4.79 Å². The number of rotatable bonds is 6. The minimum atomic E-state index is -0.967. The number of carbonyl (C=O) groups is 4. The number of ketones is 1. The minimum Gasteiger partial charge on any atom is -0.454 e. The predicted octanol–water partition coefficient (Wildman–Crippen LogP) is 2.54. The maximum Gasteiger partial charge on any atom is 0.325 e. The number of Topliss-reactive ketones (excluding diaryl/α,β-unsaturated/α-hetero) is 1. The fraction of sp³-hybridized carbons (Fsp3) is 0.429. The number of nitrogens with one attached hydrogen (secondary N) is 2. The first kappa shape index (κ1) is 19.2. The number of carbonyl (C=O) groups excluding carboxylic acids is 4. The molecule has 1 saturated carbocycles. The third-order valence-electron chi connectivity index (χ3n) is 5.77. The largest absolute Gasteiger partial charge is 0.454 e. The van der Waals surface area contributed by atoms with Gasteiger partial charge < -0.3 is 15.0 Å². The molecule has 8 nitrogen and oxygen atoms in total. The van der Waals surface area contributed by atoms with Crippen molar-refractivity contribution >= 4 is 34.6 Å². The van der Waals surface area contributed by atoms with Gasteiger partial charge in [-0.05, 0) is 25.8 Å². The molecule has 2 fully saturated rings. The van der Waals surface area contributed by atoms with E-state index < -0.39 is 23.6 Å². The third kappa shape index (κ3) is 3.39. The van der Waals surface area contributed by atoms with Crippen molar-refractivity contribution in [3.05, 3.63) is 36.0 Å². The molecule has 1 spiro atoms. The van der Waals surface area contributed by atoms with Crippen LogP contribution in [0.3, 0.4) is 0 Å². The highest BCUT2D eigenvalue weighted by atomic mass is 16.5. The van der Waals surface area contributed by atoms with Crippen molar-refractivity contribution in [1.29, 1.82) is 0 Å². The Balaban J connectivity index is 1.34. The zero-order chi connectivity index (χ0) is 20.6. The van der Waals surface area contributed by atoms with Gasteiger partial charge in [-0.15, -0.1) is 0 Å². The van der Waals surface area contributed by atoms with Gasteiger partial charge in [0.2, 0.25) is 5.78 Å². The highest BCUT2D eigenvalue weighted by molar-refractivity contribution is 6.10. The number of hydrogen-bond acceptors (Lipinski definition) is 5. The Labute approximate surface area is 167 Å². The van der Waals surface area contributed by atoms with Crippen LogP contribution in [-0.4, -0.2) is 51.8 Å². The smallest absolute Gasteiger partial charge is 0.325 e. The molecule has 0 radical (unpaired) electrons. The topological polar surface area (TPSA) is 109 Å². The number of para-hydroxylation sites is 1. The number of ether oxygens (including phenoxy) is 1. The van der Waals surface area contributed by atoms with E-state index in [9.17, 15) is 19.2 Å². The van der Waals surface area contributed by atoms with Crippen molar-refractivity contribution in [3.8, 4) is 0 Å². The second-order valence-electron chi connectivity index (χ2n) is 7.67. The highest BCUT2D eigenvalue weighted by Crippen LogP contribution is 2.35.